The monoisotopic (exact) mass is 206 g/mol. The molecule has 15 heavy (non-hydrogen) atoms. The number of hydrogen-bond acceptors (Lipinski definition) is 6. The van der Waals surface area contributed by atoms with E-state index in [2.05, 4.69) is 14.7 Å². The summed E-state index contributed by atoms with van der Waals surface area (Å²) in [6.07, 6.45) is 3.00. The molecule has 0 radical (unpaired) electrons. The van der Waals surface area contributed by atoms with Crippen molar-refractivity contribution in [3.05, 3.63) is 34.6 Å². The van der Waals surface area contributed by atoms with Crippen LogP contribution in [0.4, 0.5) is 11.6 Å². The van der Waals surface area contributed by atoms with Gasteiger partial charge in [0.1, 0.15) is 0 Å². The standard InChI is InChI=1S/C8H6N4O3/c9-8-7(12(13)14)6(11-15-8)5-2-1-3-10-4-5/h1-4H,9H2. The van der Waals surface area contributed by atoms with Crippen LogP contribution in [0.25, 0.3) is 11.3 Å². The van der Waals surface area contributed by atoms with Gasteiger partial charge in [-0.15, -0.1) is 0 Å². The van der Waals surface area contributed by atoms with E-state index in [4.69, 9.17) is 5.73 Å². The quantitative estimate of drug-likeness (QED) is 0.584. The predicted molar refractivity (Wildman–Crippen MR) is 50.8 cm³/mol. The van der Waals surface area contributed by atoms with Crippen molar-refractivity contribution in [3.63, 3.8) is 0 Å². The van der Waals surface area contributed by atoms with Crippen LogP contribution in [-0.2, 0) is 0 Å². The van der Waals surface area contributed by atoms with E-state index in [0.29, 0.717) is 5.56 Å². The lowest BCUT2D eigenvalue weighted by molar-refractivity contribution is -0.383. The van der Waals surface area contributed by atoms with Crippen LogP contribution >= 0.6 is 0 Å². The first-order valence-electron chi connectivity index (χ1n) is 4.00. The fourth-order valence-corrected chi connectivity index (χ4v) is 1.17. The Morgan fingerprint density at radius 2 is 2.33 bits per heavy atom. The van der Waals surface area contributed by atoms with Crippen molar-refractivity contribution in [2.45, 2.75) is 0 Å². The van der Waals surface area contributed by atoms with Crippen molar-refractivity contribution in [2.24, 2.45) is 0 Å². The Morgan fingerprint density at radius 3 is 2.93 bits per heavy atom. The molecule has 2 rings (SSSR count). The Labute approximate surface area is 83.7 Å². The van der Waals surface area contributed by atoms with Gasteiger partial charge in [0.25, 0.3) is 0 Å². The summed E-state index contributed by atoms with van der Waals surface area (Å²) in [5.74, 6) is -0.307. The topological polar surface area (TPSA) is 108 Å². The first-order chi connectivity index (χ1) is 7.20. The van der Waals surface area contributed by atoms with Gasteiger partial charge in [-0.25, -0.2) is 0 Å². The lowest BCUT2D eigenvalue weighted by Crippen LogP contribution is -1.93. The summed E-state index contributed by atoms with van der Waals surface area (Å²) in [5.41, 5.74) is 5.54. The zero-order valence-electron chi connectivity index (χ0n) is 7.45. The number of nitro groups is 1. The molecule has 76 valence electrons. The van der Waals surface area contributed by atoms with Gasteiger partial charge in [-0.1, -0.05) is 5.16 Å². The summed E-state index contributed by atoms with van der Waals surface area (Å²) in [7, 11) is 0. The Balaban J connectivity index is 2.59. The molecule has 7 nitrogen and oxygen atoms in total. The van der Waals surface area contributed by atoms with Gasteiger partial charge in [-0.3, -0.25) is 15.1 Å². The highest BCUT2D eigenvalue weighted by atomic mass is 16.6. The largest absolute Gasteiger partial charge is 0.362 e. The van der Waals surface area contributed by atoms with Crippen LogP contribution in [-0.4, -0.2) is 15.1 Å². The number of rotatable bonds is 2. The van der Waals surface area contributed by atoms with Crippen molar-refractivity contribution in [3.8, 4) is 11.3 Å². The van der Waals surface area contributed by atoms with Gasteiger partial charge in [0, 0.05) is 18.0 Å². The highest BCUT2D eigenvalue weighted by Crippen LogP contribution is 2.33. The van der Waals surface area contributed by atoms with E-state index >= 15 is 0 Å². The molecule has 2 N–H and O–H groups in total. The Hall–Kier alpha value is -2.44. The minimum absolute atomic E-state index is 0.0885. The van der Waals surface area contributed by atoms with E-state index in [0.717, 1.165) is 0 Å². The highest BCUT2D eigenvalue weighted by Gasteiger charge is 2.26. The average molecular weight is 206 g/mol. The molecule has 0 aliphatic heterocycles. The lowest BCUT2D eigenvalue weighted by Gasteiger charge is -1.93. The SMILES string of the molecule is Nc1onc(-c2cccnc2)c1[N+](=O)[O-]. The summed E-state index contributed by atoms with van der Waals surface area (Å²) in [6, 6.07) is 3.28. The molecule has 0 aliphatic rings. The number of nitrogen functional groups attached to an aromatic ring is 1. The van der Waals surface area contributed by atoms with Crippen LogP contribution in [0.1, 0.15) is 0 Å². The number of nitrogens with zero attached hydrogens (tertiary/aromatic N) is 3. The van der Waals surface area contributed by atoms with Gasteiger partial charge in [-0.2, -0.15) is 0 Å². The second-order valence-corrected chi connectivity index (χ2v) is 2.74. The molecule has 0 saturated heterocycles. The maximum Gasteiger partial charge on any atom is 0.360 e. The van der Waals surface area contributed by atoms with Crippen molar-refractivity contribution in [2.75, 3.05) is 5.73 Å². The molecule has 2 heterocycles. The van der Waals surface area contributed by atoms with Crippen LogP contribution in [0, 0.1) is 10.1 Å². The molecule has 0 atom stereocenters. The Morgan fingerprint density at radius 1 is 1.53 bits per heavy atom. The molecule has 0 aromatic carbocycles. The number of aromatic nitrogens is 2. The predicted octanol–water partition coefficient (Wildman–Crippen LogP) is 1.23. The number of anilines is 1. The van der Waals surface area contributed by atoms with Gasteiger partial charge in [0.05, 0.1) is 4.92 Å². The minimum atomic E-state index is -0.631. The molecule has 0 fully saturated rings. The van der Waals surface area contributed by atoms with Crippen molar-refractivity contribution in [1.29, 1.82) is 0 Å². The molecule has 0 bridgehead atoms. The van der Waals surface area contributed by atoms with Gasteiger partial charge < -0.3 is 10.3 Å². The van der Waals surface area contributed by atoms with Crippen LogP contribution in [0.15, 0.2) is 29.0 Å². The van der Waals surface area contributed by atoms with E-state index in [1.165, 1.54) is 6.20 Å². The summed E-state index contributed by atoms with van der Waals surface area (Å²) >= 11 is 0. The van der Waals surface area contributed by atoms with Gasteiger partial charge in [-0.05, 0) is 12.1 Å². The smallest absolute Gasteiger partial charge is 0.360 e. The summed E-state index contributed by atoms with van der Waals surface area (Å²) in [6.45, 7) is 0. The Kier molecular flexibility index (Phi) is 2.05. The third-order valence-electron chi connectivity index (χ3n) is 1.81. The molecule has 0 aliphatic carbocycles. The molecule has 7 heteroatoms. The molecule has 0 amide bonds. The summed E-state index contributed by atoms with van der Waals surface area (Å²) < 4.78 is 4.57. The summed E-state index contributed by atoms with van der Waals surface area (Å²) in [4.78, 5) is 13.9. The normalized spacial score (nSPS) is 10.1. The summed E-state index contributed by atoms with van der Waals surface area (Å²) in [5, 5.41) is 14.2. The van der Waals surface area contributed by atoms with E-state index in [-0.39, 0.29) is 17.3 Å². The fourth-order valence-electron chi connectivity index (χ4n) is 1.17. The van der Waals surface area contributed by atoms with E-state index < -0.39 is 4.92 Å². The molecular weight excluding hydrogens is 200 g/mol. The third-order valence-corrected chi connectivity index (χ3v) is 1.81. The molecule has 0 unspecified atom stereocenters. The zero-order valence-corrected chi connectivity index (χ0v) is 7.45. The molecule has 2 aromatic heterocycles. The van der Waals surface area contributed by atoms with Crippen LogP contribution < -0.4 is 5.73 Å². The number of nitrogens with two attached hydrogens (primary N) is 1. The third kappa shape index (κ3) is 1.50. The molecule has 2 aromatic rings. The van der Waals surface area contributed by atoms with E-state index in [1.807, 2.05) is 0 Å². The maximum absolute atomic E-state index is 10.7. The molecular formula is C8H6N4O3. The first kappa shape index (κ1) is 9.13. The second kappa shape index (κ2) is 3.37. The minimum Gasteiger partial charge on any atom is -0.362 e. The zero-order chi connectivity index (χ0) is 10.8. The highest BCUT2D eigenvalue weighted by molar-refractivity contribution is 5.74. The second-order valence-electron chi connectivity index (χ2n) is 2.74. The van der Waals surface area contributed by atoms with Crippen LogP contribution in [0.5, 0.6) is 0 Å². The average Bonchev–Trinajstić information content (AvgIpc) is 2.61. The number of pyridine rings is 1. The van der Waals surface area contributed by atoms with Gasteiger partial charge in [0.2, 0.25) is 0 Å². The fraction of sp³-hybridized carbons (Fsp3) is 0. The van der Waals surface area contributed by atoms with Crippen LogP contribution in [0.2, 0.25) is 0 Å². The van der Waals surface area contributed by atoms with Crippen LogP contribution in [0.3, 0.4) is 0 Å². The number of hydrogen-bond donors (Lipinski definition) is 1. The van der Waals surface area contributed by atoms with E-state index in [1.54, 1.807) is 18.3 Å². The van der Waals surface area contributed by atoms with Crippen molar-refractivity contribution >= 4 is 11.6 Å². The van der Waals surface area contributed by atoms with Crippen molar-refractivity contribution in [1.82, 2.24) is 10.1 Å². The van der Waals surface area contributed by atoms with Crippen molar-refractivity contribution < 1.29 is 9.45 Å². The molecule has 0 spiro atoms. The maximum atomic E-state index is 10.7. The first-order valence-corrected chi connectivity index (χ1v) is 4.00. The lowest BCUT2D eigenvalue weighted by atomic mass is 10.2. The van der Waals surface area contributed by atoms with Gasteiger partial charge >= 0.3 is 11.6 Å². The Bertz CT molecular complexity index is 494. The van der Waals surface area contributed by atoms with E-state index in [9.17, 15) is 10.1 Å². The van der Waals surface area contributed by atoms with Gasteiger partial charge in [0.15, 0.2) is 5.69 Å². The molecule has 0 saturated carbocycles.